The zero-order valence-corrected chi connectivity index (χ0v) is 10.7. The van der Waals surface area contributed by atoms with Crippen LogP contribution in [0.1, 0.15) is 10.6 Å². The third kappa shape index (κ3) is 1.97. The Hall–Kier alpha value is 0.750. The molecule has 0 radical (unpaired) electrons. The molecule has 0 aromatic carbocycles. The van der Waals surface area contributed by atoms with E-state index in [0.29, 0.717) is 0 Å². The van der Waals surface area contributed by atoms with E-state index in [2.05, 4.69) is 41.6 Å². The SMILES string of the molecule is PN1CCc2nc(I)sc2CC1. The number of aromatic nitrogens is 1. The normalized spacial score (nSPS) is 18.8. The number of hydrogen-bond donors (Lipinski definition) is 0. The molecule has 2 nitrogen and oxygen atoms in total. The van der Waals surface area contributed by atoms with Crippen molar-refractivity contribution in [2.45, 2.75) is 12.8 Å². The third-order valence-corrected chi connectivity index (χ3v) is 4.38. The Balaban J connectivity index is 2.24. The monoisotopic (exact) mass is 312 g/mol. The molecular weight excluding hydrogens is 302 g/mol. The molecule has 2 heterocycles. The molecule has 1 aliphatic heterocycles. The van der Waals surface area contributed by atoms with E-state index < -0.39 is 0 Å². The van der Waals surface area contributed by atoms with Crippen molar-refractivity contribution < 1.29 is 0 Å². The molecule has 0 fully saturated rings. The molecule has 1 aliphatic rings. The van der Waals surface area contributed by atoms with Crippen LogP contribution in [-0.4, -0.2) is 22.7 Å². The fraction of sp³-hybridized carbons (Fsp3) is 0.571. The van der Waals surface area contributed by atoms with Crippen LogP contribution in [0.3, 0.4) is 0 Å². The van der Waals surface area contributed by atoms with E-state index in [1.165, 1.54) is 20.0 Å². The molecule has 0 saturated heterocycles. The van der Waals surface area contributed by atoms with Gasteiger partial charge in [-0.05, 0) is 29.0 Å². The molecule has 0 amide bonds. The molecule has 0 aliphatic carbocycles. The fourth-order valence-electron chi connectivity index (χ4n) is 1.35. The maximum Gasteiger partial charge on any atom is 0.154 e. The average molecular weight is 312 g/mol. The minimum Gasteiger partial charge on any atom is -0.287 e. The predicted octanol–water partition coefficient (Wildman–Crippen LogP) is 1.94. The highest BCUT2D eigenvalue weighted by molar-refractivity contribution is 14.1. The molecule has 5 heteroatoms. The van der Waals surface area contributed by atoms with Crippen molar-refractivity contribution in [3.05, 3.63) is 13.6 Å². The lowest BCUT2D eigenvalue weighted by atomic mass is 10.2. The zero-order chi connectivity index (χ0) is 8.55. The standard InChI is InChI=1S/C7H10IN2PS/c8-7-9-5-1-3-10(11)4-2-6(5)12-7/h1-4,11H2. The van der Waals surface area contributed by atoms with Crippen LogP contribution in [0.25, 0.3) is 0 Å². The minimum absolute atomic E-state index is 1.11. The second kappa shape index (κ2) is 3.86. The van der Waals surface area contributed by atoms with Gasteiger partial charge < -0.3 is 0 Å². The maximum atomic E-state index is 4.51. The van der Waals surface area contributed by atoms with E-state index in [-0.39, 0.29) is 0 Å². The molecule has 2 rings (SSSR count). The number of hydrogen-bond acceptors (Lipinski definition) is 3. The summed E-state index contributed by atoms with van der Waals surface area (Å²) >= 11 is 4.15. The number of thiazole rings is 1. The first-order valence-corrected chi connectivity index (χ1v) is 6.30. The van der Waals surface area contributed by atoms with Gasteiger partial charge in [0.1, 0.15) is 0 Å². The van der Waals surface area contributed by atoms with Gasteiger partial charge in [-0.15, -0.1) is 11.3 Å². The van der Waals surface area contributed by atoms with E-state index in [1.807, 2.05) is 11.3 Å². The quantitative estimate of drug-likeness (QED) is 0.538. The smallest absolute Gasteiger partial charge is 0.154 e. The molecule has 1 aromatic heterocycles. The largest absolute Gasteiger partial charge is 0.287 e. The van der Waals surface area contributed by atoms with E-state index >= 15 is 0 Å². The summed E-state index contributed by atoms with van der Waals surface area (Å²) in [5, 5.41) is 0. The van der Waals surface area contributed by atoms with Crippen LogP contribution < -0.4 is 0 Å². The number of halogens is 1. The van der Waals surface area contributed by atoms with Crippen LogP contribution in [0.15, 0.2) is 0 Å². The molecular formula is C7H10IN2PS. The van der Waals surface area contributed by atoms with Gasteiger partial charge in [0.2, 0.25) is 0 Å². The fourth-order valence-corrected chi connectivity index (χ4v) is 3.51. The summed E-state index contributed by atoms with van der Waals surface area (Å²) in [5.41, 5.74) is 1.33. The van der Waals surface area contributed by atoms with Gasteiger partial charge in [-0.2, -0.15) is 0 Å². The zero-order valence-electron chi connectivity index (χ0n) is 6.59. The van der Waals surface area contributed by atoms with Crippen LogP contribution >= 0.6 is 43.3 Å². The second-order valence-corrected chi connectivity index (χ2v) is 6.44. The van der Waals surface area contributed by atoms with Crippen molar-refractivity contribution in [3.8, 4) is 0 Å². The molecule has 12 heavy (non-hydrogen) atoms. The van der Waals surface area contributed by atoms with E-state index in [4.69, 9.17) is 0 Å². The molecule has 1 aromatic rings. The van der Waals surface area contributed by atoms with Crippen molar-refractivity contribution in [3.63, 3.8) is 0 Å². The van der Waals surface area contributed by atoms with Crippen molar-refractivity contribution >= 4 is 43.3 Å². The van der Waals surface area contributed by atoms with Crippen LogP contribution in [0.5, 0.6) is 0 Å². The van der Waals surface area contributed by atoms with Gasteiger partial charge >= 0.3 is 0 Å². The molecule has 0 bridgehead atoms. The van der Waals surface area contributed by atoms with E-state index in [0.717, 1.165) is 19.5 Å². The first-order valence-electron chi connectivity index (χ1n) is 3.89. The first kappa shape index (κ1) is 9.31. The van der Waals surface area contributed by atoms with Gasteiger partial charge in [0.15, 0.2) is 3.01 Å². The second-order valence-electron chi connectivity index (χ2n) is 2.87. The van der Waals surface area contributed by atoms with Crippen LogP contribution in [0.4, 0.5) is 0 Å². The molecule has 0 N–H and O–H groups in total. The summed E-state index contributed by atoms with van der Waals surface area (Å²) < 4.78 is 3.48. The van der Waals surface area contributed by atoms with Gasteiger partial charge in [-0.1, -0.05) is 9.39 Å². The lowest BCUT2D eigenvalue weighted by Crippen LogP contribution is -2.14. The Labute approximate surface area is 92.2 Å². The summed E-state index contributed by atoms with van der Waals surface area (Å²) in [5.74, 6) is 0. The Morgan fingerprint density at radius 3 is 3.00 bits per heavy atom. The third-order valence-electron chi connectivity index (χ3n) is 2.01. The van der Waals surface area contributed by atoms with Gasteiger partial charge in [0, 0.05) is 24.4 Å². The van der Waals surface area contributed by atoms with Crippen molar-refractivity contribution in [2.24, 2.45) is 0 Å². The highest BCUT2D eigenvalue weighted by Gasteiger charge is 2.14. The molecule has 0 saturated carbocycles. The van der Waals surface area contributed by atoms with Crippen LogP contribution in [0, 0.1) is 3.01 Å². The summed E-state index contributed by atoms with van der Waals surface area (Å²) in [6.07, 6.45) is 2.28. The maximum absolute atomic E-state index is 4.51. The van der Waals surface area contributed by atoms with Crippen molar-refractivity contribution in [2.75, 3.05) is 13.1 Å². The van der Waals surface area contributed by atoms with Gasteiger partial charge in [-0.3, -0.25) is 4.67 Å². The Bertz CT molecular complexity index is 263. The lowest BCUT2D eigenvalue weighted by Gasteiger charge is -2.10. The molecule has 1 unspecified atom stereocenters. The number of rotatable bonds is 0. The highest BCUT2D eigenvalue weighted by Crippen LogP contribution is 2.24. The Morgan fingerprint density at radius 1 is 1.42 bits per heavy atom. The Kier molecular flexibility index (Phi) is 3.00. The van der Waals surface area contributed by atoms with E-state index in [9.17, 15) is 0 Å². The summed E-state index contributed by atoms with van der Waals surface area (Å²) in [7, 11) is 2.77. The predicted molar refractivity (Wildman–Crippen MR) is 63.5 cm³/mol. The first-order chi connectivity index (χ1) is 5.75. The van der Waals surface area contributed by atoms with Crippen LogP contribution in [-0.2, 0) is 12.8 Å². The van der Waals surface area contributed by atoms with Gasteiger partial charge in [0.25, 0.3) is 0 Å². The summed E-state index contributed by atoms with van der Waals surface area (Å²) in [6.45, 7) is 2.27. The molecule has 66 valence electrons. The lowest BCUT2D eigenvalue weighted by molar-refractivity contribution is 0.492. The number of fused-ring (bicyclic) bond motifs is 1. The van der Waals surface area contributed by atoms with Gasteiger partial charge in [0.05, 0.1) is 5.69 Å². The molecule has 1 atom stereocenters. The number of nitrogens with zero attached hydrogens (tertiary/aromatic N) is 2. The topological polar surface area (TPSA) is 16.1 Å². The van der Waals surface area contributed by atoms with Gasteiger partial charge in [-0.25, -0.2) is 4.98 Å². The van der Waals surface area contributed by atoms with Crippen LogP contribution in [0.2, 0.25) is 0 Å². The van der Waals surface area contributed by atoms with E-state index in [1.54, 1.807) is 0 Å². The minimum atomic E-state index is 1.11. The summed E-state index contributed by atoms with van der Waals surface area (Å²) in [4.78, 5) is 6.01. The highest BCUT2D eigenvalue weighted by atomic mass is 127. The van der Waals surface area contributed by atoms with Crippen molar-refractivity contribution in [1.82, 2.24) is 9.65 Å². The Morgan fingerprint density at radius 2 is 2.17 bits per heavy atom. The summed E-state index contributed by atoms with van der Waals surface area (Å²) in [6, 6.07) is 0. The van der Waals surface area contributed by atoms with Crippen molar-refractivity contribution in [1.29, 1.82) is 0 Å². The average Bonchev–Trinajstić information content (AvgIpc) is 2.31. The molecule has 0 spiro atoms.